The van der Waals surface area contributed by atoms with Gasteiger partial charge >= 0.3 is 5.97 Å². The second kappa shape index (κ2) is 4.26. The van der Waals surface area contributed by atoms with Crippen LogP contribution in [0.15, 0.2) is 30.3 Å². The molecule has 1 saturated carbocycles. The molecule has 0 amide bonds. The van der Waals surface area contributed by atoms with Crippen molar-refractivity contribution in [3.8, 4) is 0 Å². The van der Waals surface area contributed by atoms with Crippen molar-refractivity contribution in [1.29, 1.82) is 0 Å². The van der Waals surface area contributed by atoms with Gasteiger partial charge in [0.1, 0.15) is 6.04 Å². The van der Waals surface area contributed by atoms with E-state index < -0.39 is 12.0 Å². The molecule has 16 heavy (non-hydrogen) atoms. The van der Waals surface area contributed by atoms with Crippen LogP contribution in [0.1, 0.15) is 31.4 Å². The third-order valence-corrected chi connectivity index (χ3v) is 3.22. The van der Waals surface area contributed by atoms with Gasteiger partial charge < -0.3 is 10.4 Å². The van der Waals surface area contributed by atoms with Crippen LogP contribution in [0.25, 0.3) is 0 Å². The van der Waals surface area contributed by atoms with Crippen molar-refractivity contribution < 1.29 is 9.90 Å². The summed E-state index contributed by atoms with van der Waals surface area (Å²) >= 11 is 0. The number of carbonyl (C=O) groups is 1. The molecule has 86 valence electrons. The van der Waals surface area contributed by atoms with E-state index in [4.69, 9.17) is 0 Å². The van der Waals surface area contributed by atoms with Crippen molar-refractivity contribution >= 4 is 5.97 Å². The summed E-state index contributed by atoms with van der Waals surface area (Å²) in [6.45, 7) is 2.96. The van der Waals surface area contributed by atoms with Crippen molar-refractivity contribution in [2.24, 2.45) is 5.41 Å². The average Bonchev–Trinajstić information content (AvgIpc) is 2.98. The number of carboxylic acid groups (broad SMARTS) is 1. The predicted molar refractivity (Wildman–Crippen MR) is 62.2 cm³/mol. The molecule has 0 spiro atoms. The lowest BCUT2D eigenvalue weighted by atomic mass is 10.1. The van der Waals surface area contributed by atoms with Gasteiger partial charge in [0.05, 0.1) is 0 Å². The molecule has 1 fully saturated rings. The minimum atomic E-state index is -0.810. The zero-order chi connectivity index (χ0) is 11.6. The Bertz CT molecular complexity index is 371. The minimum Gasteiger partial charge on any atom is -0.480 e. The molecule has 1 aliphatic rings. The number of benzene rings is 1. The summed E-state index contributed by atoms with van der Waals surface area (Å²) in [7, 11) is 0. The van der Waals surface area contributed by atoms with Crippen LogP contribution >= 0.6 is 0 Å². The van der Waals surface area contributed by atoms with Crippen LogP contribution < -0.4 is 5.32 Å². The Morgan fingerprint density at radius 1 is 1.44 bits per heavy atom. The highest BCUT2D eigenvalue weighted by Crippen LogP contribution is 2.44. The van der Waals surface area contributed by atoms with Crippen molar-refractivity contribution in [3.05, 3.63) is 35.9 Å². The van der Waals surface area contributed by atoms with Gasteiger partial charge in [0.15, 0.2) is 0 Å². The van der Waals surface area contributed by atoms with Crippen LogP contribution in [0.3, 0.4) is 0 Å². The highest BCUT2D eigenvalue weighted by molar-refractivity contribution is 5.75. The van der Waals surface area contributed by atoms with Crippen LogP contribution in [0, 0.1) is 5.41 Å². The zero-order valence-electron chi connectivity index (χ0n) is 9.44. The fraction of sp³-hybridized carbons (Fsp3) is 0.462. The molecule has 3 nitrogen and oxygen atoms in total. The van der Waals surface area contributed by atoms with E-state index in [1.807, 2.05) is 30.3 Å². The summed E-state index contributed by atoms with van der Waals surface area (Å²) in [4.78, 5) is 11.2. The van der Waals surface area contributed by atoms with Crippen molar-refractivity contribution in [2.45, 2.75) is 25.8 Å². The third kappa shape index (κ3) is 2.61. The summed E-state index contributed by atoms with van der Waals surface area (Å²) in [5.74, 6) is -0.810. The second-order valence-electron chi connectivity index (χ2n) is 4.87. The Morgan fingerprint density at radius 3 is 2.56 bits per heavy atom. The van der Waals surface area contributed by atoms with Crippen LogP contribution in [0.4, 0.5) is 0 Å². The van der Waals surface area contributed by atoms with E-state index in [-0.39, 0.29) is 0 Å². The first kappa shape index (κ1) is 11.1. The Kier molecular flexibility index (Phi) is 2.97. The van der Waals surface area contributed by atoms with Crippen molar-refractivity contribution in [1.82, 2.24) is 5.32 Å². The number of hydrogen-bond acceptors (Lipinski definition) is 2. The largest absolute Gasteiger partial charge is 0.480 e. The molecule has 1 aliphatic carbocycles. The Balaban J connectivity index is 2.03. The van der Waals surface area contributed by atoms with Crippen LogP contribution in [-0.4, -0.2) is 17.6 Å². The Hall–Kier alpha value is -1.35. The Morgan fingerprint density at radius 2 is 2.06 bits per heavy atom. The van der Waals surface area contributed by atoms with Gasteiger partial charge in [-0.3, -0.25) is 4.79 Å². The quantitative estimate of drug-likeness (QED) is 0.798. The number of nitrogens with one attached hydrogen (secondary N) is 1. The average molecular weight is 219 g/mol. The molecule has 1 atom stereocenters. The van der Waals surface area contributed by atoms with Crippen LogP contribution in [0.5, 0.6) is 0 Å². The van der Waals surface area contributed by atoms with Gasteiger partial charge in [0.2, 0.25) is 0 Å². The molecule has 0 radical (unpaired) electrons. The fourth-order valence-corrected chi connectivity index (χ4v) is 1.73. The highest BCUT2D eigenvalue weighted by atomic mass is 16.4. The topological polar surface area (TPSA) is 49.3 Å². The summed E-state index contributed by atoms with van der Waals surface area (Å²) in [6.07, 6.45) is 2.39. The fourth-order valence-electron chi connectivity index (χ4n) is 1.73. The molecule has 3 heteroatoms. The van der Waals surface area contributed by atoms with Gasteiger partial charge in [-0.15, -0.1) is 0 Å². The first-order chi connectivity index (χ1) is 7.61. The van der Waals surface area contributed by atoms with E-state index in [0.717, 1.165) is 12.1 Å². The van der Waals surface area contributed by atoms with E-state index in [1.54, 1.807) is 0 Å². The summed E-state index contributed by atoms with van der Waals surface area (Å²) in [5.41, 5.74) is 1.14. The molecular formula is C13H17NO2. The number of aliphatic carboxylic acids is 1. The second-order valence-corrected chi connectivity index (χ2v) is 4.87. The number of hydrogen-bond donors (Lipinski definition) is 2. The summed E-state index contributed by atoms with van der Waals surface area (Å²) in [6, 6.07) is 8.74. The lowest BCUT2D eigenvalue weighted by Crippen LogP contribution is -2.32. The van der Waals surface area contributed by atoms with Crippen LogP contribution in [-0.2, 0) is 4.79 Å². The van der Waals surface area contributed by atoms with Gasteiger partial charge in [-0.25, -0.2) is 0 Å². The zero-order valence-corrected chi connectivity index (χ0v) is 9.44. The molecule has 0 saturated heterocycles. The first-order valence-electron chi connectivity index (χ1n) is 5.62. The molecule has 2 N–H and O–H groups in total. The monoisotopic (exact) mass is 219 g/mol. The smallest absolute Gasteiger partial charge is 0.325 e. The van der Waals surface area contributed by atoms with Gasteiger partial charge in [-0.1, -0.05) is 37.3 Å². The molecular weight excluding hydrogens is 202 g/mol. The normalized spacial score (nSPS) is 19.1. The lowest BCUT2D eigenvalue weighted by Gasteiger charge is -2.17. The number of carboxylic acids is 1. The van der Waals surface area contributed by atoms with Gasteiger partial charge in [0.25, 0.3) is 0 Å². The van der Waals surface area contributed by atoms with Crippen molar-refractivity contribution in [3.63, 3.8) is 0 Å². The molecule has 2 rings (SSSR count). The summed E-state index contributed by atoms with van der Waals surface area (Å²) < 4.78 is 0. The van der Waals surface area contributed by atoms with E-state index in [2.05, 4.69) is 12.2 Å². The Labute approximate surface area is 95.5 Å². The lowest BCUT2D eigenvalue weighted by molar-refractivity contribution is -0.139. The standard InChI is InChI=1S/C13H17NO2/c1-13(7-8-13)9-14-11(12(15)16)10-5-3-2-4-6-10/h2-6,11,14H,7-9H2,1H3,(H,15,16). The molecule has 0 bridgehead atoms. The van der Waals surface area contributed by atoms with Gasteiger partial charge in [0, 0.05) is 6.54 Å². The van der Waals surface area contributed by atoms with Crippen molar-refractivity contribution in [2.75, 3.05) is 6.54 Å². The highest BCUT2D eigenvalue weighted by Gasteiger charge is 2.37. The molecule has 1 unspecified atom stereocenters. The maximum atomic E-state index is 11.2. The first-order valence-corrected chi connectivity index (χ1v) is 5.62. The van der Waals surface area contributed by atoms with E-state index >= 15 is 0 Å². The molecule has 1 aromatic rings. The maximum Gasteiger partial charge on any atom is 0.325 e. The number of rotatable bonds is 5. The molecule has 0 aromatic heterocycles. The van der Waals surface area contributed by atoms with Crippen LogP contribution in [0.2, 0.25) is 0 Å². The molecule has 0 aliphatic heterocycles. The van der Waals surface area contributed by atoms with E-state index in [0.29, 0.717) is 5.41 Å². The van der Waals surface area contributed by atoms with E-state index in [9.17, 15) is 9.90 Å². The van der Waals surface area contributed by atoms with E-state index in [1.165, 1.54) is 12.8 Å². The molecule has 1 aromatic carbocycles. The maximum absolute atomic E-state index is 11.2. The van der Waals surface area contributed by atoms with Gasteiger partial charge in [-0.05, 0) is 23.8 Å². The SMILES string of the molecule is CC1(CNC(C(=O)O)c2ccccc2)CC1. The molecule has 0 heterocycles. The predicted octanol–water partition coefficient (Wildman–Crippen LogP) is 2.20. The summed E-state index contributed by atoms with van der Waals surface area (Å²) in [5, 5.41) is 12.3. The minimum absolute atomic E-state index is 0.322. The third-order valence-electron chi connectivity index (χ3n) is 3.22. The van der Waals surface area contributed by atoms with Gasteiger partial charge in [-0.2, -0.15) is 0 Å².